The Morgan fingerprint density at radius 2 is 1.83 bits per heavy atom. The summed E-state index contributed by atoms with van der Waals surface area (Å²) < 4.78 is 11.7. The van der Waals surface area contributed by atoms with Crippen molar-refractivity contribution < 1.29 is 9.47 Å². The highest BCUT2D eigenvalue weighted by atomic mass is 16.5. The number of pyridine rings is 2. The summed E-state index contributed by atoms with van der Waals surface area (Å²) in [6, 6.07) is 10.6. The van der Waals surface area contributed by atoms with Crippen LogP contribution in [0.5, 0.6) is 5.75 Å². The van der Waals surface area contributed by atoms with E-state index in [1.54, 1.807) is 6.20 Å². The zero-order valence-electron chi connectivity index (χ0n) is 17.9. The van der Waals surface area contributed by atoms with Gasteiger partial charge in [0.15, 0.2) is 5.75 Å². The van der Waals surface area contributed by atoms with E-state index in [-0.39, 0.29) is 0 Å². The number of fused-ring (bicyclic) bond motifs is 3. The predicted molar refractivity (Wildman–Crippen MR) is 118 cm³/mol. The fraction of sp³-hybridized carbons (Fsp3) is 0.417. The van der Waals surface area contributed by atoms with Gasteiger partial charge in [-0.15, -0.1) is 0 Å². The van der Waals surface area contributed by atoms with Crippen molar-refractivity contribution in [1.29, 1.82) is 0 Å². The predicted octanol–water partition coefficient (Wildman–Crippen LogP) is 3.84. The minimum atomic E-state index is 0.566. The molecule has 6 heteroatoms. The van der Waals surface area contributed by atoms with Crippen molar-refractivity contribution in [2.24, 2.45) is 0 Å². The third kappa shape index (κ3) is 4.61. The third-order valence-corrected chi connectivity index (χ3v) is 5.42. The molecule has 0 aliphatic carbocycles. The maximum absolute atomic E-state index is 6.18. The number of benzene rings is 1. The second-order valence-electron chi connectivity index (χ2n) is 7.43. The summed E-state index contributed by atoms with van der Waals surface area (Å²) in [7, 11) is 0. The van der Waals surface area contributed by atoms with Crippen LogP contribution in [0.1, 0.15) is 30.5 Å². The van der Waals surface area contributed by atoms with E-state index < -0.39 is 0 Å². The molecule has 0 amide bonds. The van der Waals surface area contributed by atoms with Crippen molar-refractivity contribution >= 4 is 10.9 Å². The summed E-state index contributed by atoms with van der Waals surface area (Å²) in [6.07, 6.45) is 5.58. The molecule has 2 aliphatic heterocycles. The molecule has 1 fully saturated rings. The van der Waals surface area contributed by atoms with Gasteiger partial charge in [-0.25, -0.2) is 0 Å². The molecule has 0 atom stereocenters. The number of aromatic nitrogens is 2. The number of hydrogen-bond acceptors (Lipinski definition) is 6. The first kappa shape index (κ1) is 20.7. The van der Waals surface area contributed by atoms with Crippen LogP contribution < -0.4 is 4.74 Å². The fourth-order valence-corrected chi connectivity index (χ4v) is 4.05. The SMILES string of the molecule is CC.c1cncc(CN2COc3c(cc(CN4CCOCC4)c4cccnc34)C2)c1. The summed E-state index contributed by atoms with van der Waals surface area (Å²) in [6.45, 7) is 10.7. The summed E-state index contributed by atoms with van der Waals surface area (Å²) >= 11 is 0. The van der Waals surface area contributed by atoms with Crippen molar-refractivity contribution in [3.63, 3.8) is 0 Å². The van der Waals surface area contributed by atoms with Crippen LogP contribution in [0.4, 0.5) is 0 Å². The zero-order valence-corrected chi connectivity index (χ0v) is 17.9. The van der Waals surface area contributed by atoms with E-state index in [2.05, 4.69) is 38.0 Å². The van der Waals surface area contributed by atoms with Gasteiger partial charge in [0.1, 0.15) is 12.2 Å². The molecular formula is C24H30N4O2. The van der Waals surface area contributed by atoms with Crippen LogP contribution >= 0.6 is 0 Å². The van der Waals surface area contributed by atoms with Gasteiger partial charge in [-0.1, -0.05) is 26.0 Å². The van der Waals surface area contributed by atoms with Crippen LogP contribution in [-0.4, -0.2) is 52.8 Å². The van der Waals surface area contributed by atoms with Gasteiger partial charge in [0, 0.05) is 62.3 Å². The maximum Gasteiger partial charge on any atom is 0.152 e. The third-order valence-electron chi connectivity index (χ3n) is 5.42. The summed E-state index contributed by atoms with van der Waals surface area (Å²) in [5.41, 5.74) is 4.70. The van der Waals surface area contributed by atoms with E-state index in [1.807, 2.05) is 38.4 Å². The largest absolute Gasteiger partial charge is 0.475 e. The highest BCUT2D eigenvalue weighted by Gasteiger charge is 2.23. The molecule has 0 saturated carbocycles. The quantitative estimate of drug-likeness (QED) is 0.656. The van der Waals surface area contributed by atoms with Crippen molar-refractivity contribution in [2.45, 2.75) is 33.5 Å². The standard InChI is InChI=1S/C22H24N4O2.C2H6/c1-3-17(12-23-5-1)13-26-15-19-11-18(14-25-7-9-27-10-8-25)20-4-2-6-24-21(20)22(19)28-16-26;1-2/h1-6,11-12H,7-10,13-16H2;1-2H3. The van der Waals surface area contributed by atoms with E-state index in [0.29, 0.717) is 6.73 Å². The molecule has 158 valence electrons. The van der Waals surface area contributed by atoms with Gasteiger partial charge in [0.05, 0.1) is 13.2 Å². The molecule has 0 unspecified atom stereocenters. The molecule has 1 saturated heterocycles. The van der Waals surface area contributed by atoms with E-state index in [9.17, 15) is 0 Å². The number of ether oxygens (including phenoxy) is 2. The first-order valence-corrected chi connectivity index (χ1v) is 10.8. The van der Waals surface area contributed by atoms with Crippen LogP contribution in [0, 0.1) is 0 Å². The van der Waals surface area contributed by atoms with Gasteiger partial charge in [-0.2, -0.15) is 0 Å². The molecule has 5 rings (SSSR count). The Labute approximate surface area is 178 Å². The Bertz CT molecular complexity index is 958. The summed E-state index contributed by atoms with van der Waals surface area (Å²) in [4.78, 5) is 13.6. The molecule has 0 spiro atoms. The van der Waals surface area contributed by atoms with Crippen LogP contribution in [0.15, 0.2) is 48.9 Å². The number of rotatable bonds is 4. The van der Waals surface area contributed by atoms with E-state index in [4.69, 9.17) is 9.47 Å². The van der Waals surface area contributed by atoms with Crippen LogP contribution in [0.25, 0.3) is 10.9 Å². The molecule has 3 aromatic rings. The number of hydrogen-bond donors (Lipinski definition) is 0. The van der Waals surface area contributed by atoms with Crippen LogP contribution in [-0.2, 0) is 24.4 Å². The lowest BCUT2D eigenvalue weighted by atomic mass is 10.0. The topological polar surface area (TPSA) is 50.7 Å². The van der Waals surface area contributed by atoms with Gasteiger partial charge in [-0.3, -0.25) is 19.8 Å². The molecule has 4 heterocycles. The average molecular weight is 407 g/mol. The zero-order chi connectivity index (χ0) is 20.8. The van der Waals surface area contributed by atoms with Gasteiger partial charge in [-0.05, 0) is 29.3 Å². The molecule has 30 heavy (non-hydrogen) atoms. The molecule has 0 N–H and O–H groups in total. The van der Waals surface area contributed by atoms with Gasteiger partial charge < -0.3 is 9.47 Å². The lowest BCUT2D eigenvalue weighted by molar-refractivity contribution is 0.0343. The van der Waals surface area contributed by atoms with Gasteiger partial charge in [0.2, 0.25) is 0 Å². The fourth-order valence-electron chi connectivity index (χ4n) is 4.05. The van der Waals surface area contributed by atoms with E-state index in [0.717, 1.165) is 57.2 Å². The maximum atomic E-state index is 6.18. The average Bonchev–Trinajstić information content (AvgIpc) is 2.82. The Hall–Kier alpha value is -2.54. The first-order chi connectivity index (χ1) is 14.9. The van der Waals surface area contributed by atoms with Crippen LogP contribution in [0.3, 0.4) is 0 Å². The molecular weight excluding hydrogens is 376 g/mol. The minimum absolute atomic E-state index is 0.566. The molecule has 2 aliphatic rings. The summed E-state index contributed by atoms with van der Waals surface area (Å²) in [5.74, 6) is 0.934. The normalized spacial score (nSPS) is 17.0. The lowest BCUT2D eigenvalue weighted by Crippen LogP contribution is -2.36. The Morgan fingerprint density at radius 3 is 2.63 bits per heavy atom. The van der Waals surface area contributed by atoms with Gasteiger partial charge in [0.25, 0.3) is 0 Å². The lowest BCUT2D eigenvalue weighted by Gasteiger charge is -2.31. The molecule has 6 nitrogen and oxygen atoms in total. The van der Waals surface area contributed by atoms with Crippen molar-refractivity contribution in [2.75, 3.05) is 33.0 Å². The monoisotopic (exact) mass is 406 g/mol. The van der Waals surface area contributed by atoms with Crippen molar-refractivity contribution in [3.05, 3.63) is 65.6 Å². The molecule has 1 aromatic carbocycles. The Kier molecular flexibility index (Phi) is 6.89. The van der Waals surface area contributed by atoms with Gasteiger partial charge >= 0.3 is 0 Å². The van der Waals surface area contributed by atoms with Crippen LogP contribution in [0.2, 0.25) is 0 Å². The smallest absolute Gasteiger partial charge is 0.152 e. The highest BCUT2D eigenvalue weighted by molar-refractivity contribution is 5.89. The second-order valence-corrected chi connectivity index (χ2v) is 7.43. The Balaban J connectivity index is 0.00000106. The first-order valence-electron chi connectivity index (χ1n) is 10.8. The minimum Gasteiger partial charge on any atom is -0.475 e. The molecule has 0 radical (unpaired) electrons. The number of morpholine rings is 1. The number of nitrogens with zero attached hydrogens (tertiary/aromatic N) is 4. The Morgan fingerprint density at radius 1 is 1.00 bits per heavy atom. The van der Waals surface area contributed by atoms with Crippen molar-refractivity contribution in [3.8, 4) is 5.75 Å². The summed E-state index contributed by atoms with van der Waals surface area (Å²) in [5, 5.41) is 1.19. The molecule has 2 aromatic heterocycles. The van der Waals surface area contributed by atoms with E-state index >= 15 is 0 Å². The molecule has 0 bridgehead atoms. The van der Waals surface area contributed by atoms with Crippen molar-refractivity contribution in [1.82, 2.24) is 19.8 Å². The highest BCUT2D eigenvalue weighted by Crippen LogP contribution is 2.35. The second kappa shape index (κ2) is 9.98. The van der Waals surface area contributed by atoms with E-state index in [1.165, 1.54) is 22.1 Å².